The summed E-state index contributed by atoms with van der Waals surface area (Å²) in [7, 11) is 0. The monoisotopic (exact) mass is 244 g/mol. The average Bonchev–Trinajstić information content (AvgIpc) is 2.29. The summed E-state index contributed by atoms with van der Waals surface area (Å²) in [5, 5.41) is 2.79. The van der Waals surface area contributed by atoms with E-state index in [0.29, 0.717) is 19.1 Å². The van der Waals surface area contributed by atoms with Crippen molar-refractivity contribution in [3.8, 4) is 0 Å². The molecule has 102 valence electrons. The van der Waals surface area contributed by atoms with Gasteiger partial charge in [-0.05, 0) is 18.8 Å². The van der Waals surface area contributed by atoms with Gasteiger partial charge in [0.15, 0.2) is 0 Å². The summed E-state index contributed by atoms with van der Waals surface area (Å²) >= 11 is 0. The van der Waals surface area contributed by atoms with Crippen LogP contribution >= 0.6 is 0 Å². The normalized spacial score (nSPS) is 12.8. The first-order chi connectivity index (χ1) is 8.07. The van der Waals surface area contributed by atoms with Gasteiger partial charge < -0.3 is 15.8 Å². The van der Waals surface area contributed by atoms with Gasteiger partial charge in [-0.2, -0.15) is 0 Å². The largest absolute Gasteiger partial charge is 0.380 e. The number of carbonyl (C=O) groups excluding carboxylic acids is 1. The standard InChI is InChI=1S/C13H28N2O2/c1-4-5-6-12(14)13(16)15-8-10-17-9-7-11(2)3/h11-12H,4-10,14H2,1-3H3,(H,15,16)/t12-/m0/s1. The van der Waals surface area contributed by atoms with E-state index in [1.165, 1.54) is 0 Å². The Morgan fingerprint density at radius 3 is 2.59 bits per heavy atom. The van der Waals surface area contributed by atoms with E-state index < -0.39 is 0 Å². The fourth-order valence-electron chi connectivity index (χ4n) is 1.35. The topological polar surface area (TPSA) is 64.4 Å². The van der Waals surface area contributed by atoms with E-state index in [0.717, 1.165) is 32.3 Å². The molecule has 0 unspecified atom stereocenters. The number of hydrogen-bond donors (Lipinski definition) is 2. The summed E-state index contributed by atoms with van der Waals surface area (Å²) in [5.74, 6) is 0.595. The number of nitrogens with one attached hydrogen (secondary N) is 1. The molecule has 0 aromatic heterocycles. The molecule has 1 atom stereocenters. The van der Waals surface area contributed by atoms with Gasteiger partial charge in [-0.25, -0.2) is 0 Å². The molecule has 1 amide bonds. The van der Waals surface area contributed by atoms with Crippen LogP contribution in [0.3, 0.4) is 0 Å². The van der Waals surface area contributed by atoms with E-state index in [9.17, 15) is 4.79 Å². The Balaban J connectivity index is 3.38. The maximum Gasteiger partial charge on any atom is 0.236 e. The van der Waals surface area contributed by atoms with Crippen LogP contribution in [0.5, 0.6) is 0 Å². The highest BCUT2D eigenvalue weighted by Crippen LogP contribution is 1.99. The Morgan fingerprint density at radius 1 is 1.29 bits per heavy atom. The number of hydrogen-bond acceptors (Lipinski definition) is 3. The predicted octanol–water partition coefficient (Wildman–Crippen LogP) is 1.68. The molecule has 0 spiro atoms. The summed E-state index contributed by atoms with van der Waals surface area (Å²) in [4.78, 5) is 11.5. The minimum atomic E-state index is -0.370. The molecule has 0 aromatic rings. The van der Waals surface area contributed by atoms with Crippen molar-refractivity contribution in [2.75, 3.05) is 19.8 Å². The Hall–Kier alpha value is -0.610. The van der Waals surface area contributed by atoms with E-state index in [1.54, 1.807) is 0 Å². The molecule has 0 saturated carbocycles. The molecule has 0 heterocycles. The lowest BCUT2D eigenvalue weighted by atomic mass is 10.1. The lowest BCUT2D eigenvalue weighted by Crippen LogP contribution is -2.41. The van der Waals surface area contributed by atoms with Crippen LogP contribution in [0.4, 0.5) is 0 Å². The van der Waals surface area contributed by atoms with E-state index in [2.05, 4.69) is 26.1 Å². The summed E-state index contributed by atoms with van der Waals surface area (Å²) in [6.45, 7) is 8.30. The van der Waals surface area contributed by atoms with Crippen molar-refractivity contribution in [3.05, 3.63) is 0 Å². The molecule has 0 rings (SSSR count). The third-order valence-electron chi connectivity index (χ3n) is 2.59. The second-order valence-electron chi connectivity index (χ2n) is 4.83. The van der Waals surface area contributed by atoms with Crippen LogP contribution < -0.4 is 11.1 Å². The van der Waals surface area contributed by atoms with Crippen molar-refractivity contribution in [2.24, 2.45) is 11.7 Å². The number of amides is 1. The highest BCUT2D eigenvalue weighted by molar-refractivity contribution is 5.81. The fraction of sp³-hybridized carbons (Fsp3) is 0.923. The van der Waals surface area contributed by atoms with Crippen LogP contribution in [0, 0.1) is 5.92 Å². The van der Waals surface area contributed by atoms with Crippen LogP contribution in [0.25, 0.3) is 0 Å². The molecule has 0 fully saturated rings. The van der Waals surface area contributed by atoms with Crippen molar-refractivity contribution >= 4 is 5.91 Å². The van der Waals surface area contributed by atoms with Gasteiger partial charge in [0.2, 0.25) is 5.91 Å². The van der Waals surface area contributed by atoms with Crippen LogP contribution in [0.15, 0.2) is 0 Å². The molecule has 0 saturated heterocycles. The minimum Gasteiger partial charge on any atom is -0.380 e. The van der Waals surface area contributed by atoms with Crippen LogP contribution in [0.2, 0.25) is 0 Å². The van der Waals surface area contributed by atoms with E-state index in [-0.39, 0.29) is 11.9 Å². The average molecular weight is 244 g/mol. The van der Waals surface area contributed by atoms with Crippen molar-refractivity contribution in [1.29, 1.82) is 0 Å². The van der Waals surface area contributed by atoms with Crippen LogP contribution in [0.1, 0.15) is 46.5 Å². The lowest BCUT2D eigenvalue weighted by molar-refractivity contribution is -0.122. The van der Waals surface area contributed by atoms with Crippen LogP contribution in [-0.2, 0) is 9.53 Å². The Bertz CT molecular complexity index is 196. The SMILES string of the molecule is CCCC[C@H](N)C(=O)NCCOCCC(C)C. The molecule has 0 aliphatic carbocycles. The quantitative estimate of drug-likeness (QED) is 0.575. The molecule has 0 bridgehead atoms. The van der Waals surface area contributed by atoms with E-state index >= 15 is 0 Å². The fourth-order valence-corrected chi connectivity index (χ4v) is 1.35. The second kappa shape index (κ2) is 10.5. The van der Waals surface area contributed by atoms with Crippen molar-refractivity contribution in [1.82, 2.24) is 5.32 Å². The third-order valence-corrected chi connectivity index (χ3v) is 2.59. The molecular weight excluding hydrogens is 216 g/mol. The molecule has 0 aromatic carbocycles. The van der Waals surface area contributed by atoms with E-state index in [1.807, 2.05) is 0 Å². The maximum absolute atomic E-state index is 11.5. The smallest absolute Gasteiger partial charge is 0.236 e. The number of ether oxygens (including phenoxy) is 1. The molecule has 0 aliphatic heterocycles. The van der Waals surface area contributed by atoms with Crippen molar-refractivity contribution in [3.63, 3.8) is 0 Å². The predicted molar refractivity (Wildman–Crippen MR) is 70.8 cm³/mol. The highest BCUT2D eigenvalue weighted by Gasteiger charge is 2.11. The van der Waals surface area contributed by atoms with Gasteiger partial charge >= 0.3 is 0 Å². The number of unbranched alkanes of at least 4 members (excludes halogenated alkanes) is 1. The summed E-state index contributed by atoms with van der Waals surface area (Å²) in [6, 6.07) is -0.370. The number of nitrogens with two attached hydrogens (primary N) is 1. The number of rotatable bonds is 10. The molecule has 17 heavy (non-hydrogen) atoms. The zero-order valence-electron chi connectivity index (χ0n) is 11.5. The first kappa shape index (κ1) is 16.4. The molecular formula is C13H28N2O2. The maximum atomic E-state index is 11.5. The summed E-state index contributed by atoms with van der Waals surface area (Å²) < 4.78 is 5.40. The van der Waals surface area contributed by atoms with Gasteiger partial charge in [-0.15, -0.1) is 0 Å². The number of carbonyl (C=O) groups is 1. The van der Waals surface area contributed by atoms with Gasteiger partial charge in [0.1, 0.15) is 0 Å². The molecule has 4 heteroatoms. The zero-order valence-corrected chi connectivity index (χ0v) is 11.5. The summed E-state index contributed by atoms with van der Waals surface area (Å²) in [5.41, 5.74) is 5.73. The molecule has 0 radical (unpaired) electrons. The highest BCUT2D eigenvalue weighted by atomic mass is 16.5. The first-order valence-corrected chi connectivity index (χ1v) is 6.69. The van der Waals surface area contributed by atoms with Gasteiger partial charge in [0, 0.05) is 13.2 Å². The lowest BCUT2D eigenvalue weighted by Gasteiger charge is -2.12. The van der Waals surface area contributed by atoms with E-state index in [4.69, 9.17) is 10.5 Å². The summed E-state index contributed by atoms with van der Waals surface area (Å²) in [6.07, 6.45) is 3.89. The Labute approximate surface area is 105 Å². The van der Waals surface area contributed by atoms with Gasteiger partial charge in [0.25, 0.3) is 0 Å². The Kier molecular flexibility index (Phi) is 10.2. The minimum absolute atomic E-state index is 0.0640. The van der Waals surface area contributed by atoms with Gasteiger partial charge in [0.05, 0.1) is 12.6 Å². The first-order valence-electron chi connectivity index (χ1n) is 6.69. The van der Waals surface area contributed by atoms with Gasteiger partial charge in [-0.3, -0.25) is 4.79 Å². The molecule has 3 N–H and O–H groups in total. The molecule has 4 nitrogen and oxygen atoms in total. The second-order valence-corrected chi connectivity index (χ2v) is 4.83. The van der Waals surface area contributed by atoms with Crippen molar-refractivity contribution < 1.29 is 9.53 Å². The Morgan fingerprint density at radius 2 is 2.00 bits per heavy atom. The van der Waals surface area contributed by atoms with Crippen molar-refractivity contribution in [2.45, 2.75) is 52.5 Å². The third kappa shape index (κ3) is 10.3. The van der Waals surface area contributed by atoms with Crippen LogP contribution in [-0.4, -0.2) is 31.7 Å². The molecule has 0 aliphatic rings. The van der Waals surface area contributed by atoms with Gasteiger partial charge in [-0.1, -0.05) is 33.6 Å². The zero-order chi connectivity index (χ0) is 13.1.